The maximum Gasteiger partial charge on any atom is 0.236 e. The van der Waals surface area contributed by atoms with Gasteiger partial charge in [-0.2, -0.15) is 0 Å². The molecule has 0 unspecified atom stereocenters. The number of carbonyl (C=O) groups excluding carboxylic acids is 1. The molecule has 106 valence electrons. The standard InChI is InChI=1S/C14H21ClN2O2/c1-3-17(7-8-18)11-14(19)16(2)10-12-5-4-6-13(15)9-12/h4-6,9,18H,3,7-8,10-11H2,1-2H3. The molecule has 0 aliphatic heterocycles. The van der Waals surface area contributed by atoms with Crippen LogP contribution in [0.15, 0.2) is 24.3 Å². The highest BCUT2D eigenvalue weighted by atomic mass is 35.5. The molecule has 19 heavy (non-hydrogen) atoms. The van der Waals surface area contributed by atoms with Gasteiger partial charge in [-0.15, -0.1) is 0 Å². The van der Waals surface area contributed by atoms with Crippen molar-refractivity contribution in [1.82, 2.24) is 9.80 Å². The number of hydrogen-bond acceptors (Lipinski definition) is 3. The van der Waals surface area contributed by atoms with Crippen molar-refractivity contribution in [1.29, 1.82) is 0 Å². The van der Waals surface area contributed by atoms with Crippen molar-refractivity contribution < 1.29 is 9.90 Å². The van der Waals surface area contributed by atoms with Gasteiger partial charge in [-0.25, -0.2) is 0 Å². The fourth-order valence-corrected chi connectivity index (χ4v) is 2.01. The second-order valence-corrected chi connectivity index (χ2v) is 4.91. The van der Waals surface area contributed by atoms with Gasteiger partial charge in [0.1, 0.15) is 0 Å². The van der Waals surface area contributed by atoms with E-state index in [1.807, 2.05) is 36.1 Å². The van der Waals surface area contributed by atoms with Crippen LogP contribution in [0.5, 0.6) is 0 Å². The van der Waals surface area contributed by atoms with Crippen LogP contribution >= 0.6 is 11.6 Å². The zero-order valence-corrected chi connectivity index (χ0v) is 12.2. The van der Waals surface area contributed by atoms with E-state index in [0.717, 1.165) is 12.1 Å². The summed E-state index contributed by atoms with van der Waals surface area (Å²) in [6.45, 7) is 4.17. The lowest BCUT2D eigenvalue weighted by atomic mass is 10.2. The summed E-state index contributed by atoms with van der Waals surface area (Å²) < 4.78 is 0. The summed E-state index contributed by atoms with van der Waals surface area (Å²) in [6.07, 6.45) is 0. The van der Waals surface area contributed by atoms with Crippen LogP contribution in [-0.4, -0.2) is 54.1 Å². The quantitative estimate of drug-likeness (QED) is 0.827. The summed E-state index contributed by atoms with van der Waals surface area (Å²) >= 11 is 5.92. The fraction of sp³-hybridized carbons (Fsp3) is 0.500. The van der Waals surface area contributed by atoms with E-state index in [4.69, 9.17) is 16.7 Å². The lowest BCUT2D eigenvalue weighted by molar-refractivity contribution is -0.131. The number of hydrogen-bond donors (Lipinski definition) is 1. The van der Waals surface area contributed by atoms with Crippen molar-refractivity contribution in [3.05, 3.63) is 34.9 Å². The van der Waals surface area contributed by atoms with Gasteiger partial charge in [0, 0.05) is 25.2 Å². The molecule has 0 radical (unpaired) electrons. The van der Waals surface area contributed by atoms with Gasteiger partial charge in [-0.3, -0.25) is 9.69 Å². The average Bonchev–Trinajstić information content (AvgIpc) is 2.38. The summed E-state index contributed by atoms with van der Waals surface area (Å²) in [5.74, 6) is 0.0373. The van der Waals surface area contributed by atoms with E-state index in [-0.39, 0.29) is 12.5 Å². The molecular formula is C14H21ClN2O2. The van der Waals surface area contributed by atoms with Gasteiger partial charge < -0.3 is 10.0 Å². The van der Waals surface area contributed by atoms with E-state index in [0.29, 0.717) is 24.7 Å². The predicted octanol–water partition coefficient (Wildman–Crippen LogP) is 1.61. The maximum atomic E-state index is 12.0. The lowest BCUT2D eigenvalue weighted by Crippen LogP contribution is -2.39. The number of amides is 1. The normalized spacial score (nSPS) is 10.8. The second-order valence-electron chi connectivity index (χ2n) is 4.47. The number of nitrogens with zero attached hydrogens (tertiary/aromatic N) is 2. The van der Waals surface area contributed by atoms with E-state index in [1.165, 1.54) is 0 Å². The first-order valence-corrected chi connectivity index (χ1v) is 6.76. The van der Waals surface area contributed by atoms with Crippen LogP contribution in [0.4, 0.5) is 0 Å². The fourth-order valence-electron chi connectivity index (χ4n) is 1.80. The van der Waals surface area contributed by atoms with Crippen LogP contribution in [0.25, 0.3) is 0 Å². The number of likely N-dealkylation sites (N-methyl/N-ethyl adjacent to an activating group) is 2. The molecule has 1 N–H and O–H groups in total. The van der Waals surface area contributed by atoms with Gasteiger partial charge in [0.2, 0.25) is 5.91 Å². The minimum Gasteiger partial charge on any atom is -0.395 e. The predicted molar refractivity (Wildman–Crippen MR) is 77.1 cm³/mol. The SMILES string of the molecule is CCN(CCO)CC(=O)N(C)Cc1cccc(Cl)c1. The van der Waals surface area contributed by atoms with Crippen LogP contribution in [-0.2, 0) is 11.3 Å². The number of rotatable bonds is 7. The highest BCUT2D eigenvalue weighted by molar-refractivity contribution is 6.30. The second kappa shape index (κ2) is 8.15. The van der Waals surface area contributed by atoms with Crippen LogP contribution in [0, 0.1) is 0 Å². The van der Waals surface area contributed by atoms with E-state index in [2.05, 4.69) is 0 Å². The molecule has 4 nitrogen and oxygen atoms in total. The topological polar surface area (TPSA) is 43.8 Å². The number of aliphatic hydroxyl groups excluding tert-OH is 1. The van der Waals surface area contributed by atoms with Crippen LogP contribution in [0.3, 0.4) is 0 Å². The molecule has 1 rings (SSSR count). The maximum absolute atomic E-state index is 12.0. The van der Waals surface area contributed by atoms with Crippen molar-refractivity contribution in [2.75, 3.05) is 33.3 Å². The van der Waals surface area contributed by atoms with Gasteiger partial charge in [0.15, 0.2) is 0 Å². The molecule has 0 bridgehead atoms. The molecule has 0 atom stereocenters. The first kappa shape index (κ1) is 16.0. The first-order chi connectivity index (χ1) is 9.06. The van der Waals surface area contributed by atoms with Crippen molar-refractivity contribution in [2.24, 2.45) is 0 Å². The summed E-state index contributed by atoms with van der Waals surface area (Å²) in [7, 11) is 1.77. The Hall–Kier alpha value is -1.10. The molecule has 0 aliphatic carbocycles. The Morgan fingerprint density at radius 2 is 2.16 bits per heavy atom. The smallest absolute Gasteiger partial charge is 0.236 e. The van der Waals surface area contributed by atoms with Gasteiger partial charge in [-0.05, 0) is 24.2 Å². The third-order valence-corrected chi connectivity index (χ3v) is 3.19. The van der Waals surface area contributed by atoms with Crippen molar-refractivity contribution in [3.8, 4) is 0 Å². The van der Waals surface area contributed by atoms with Crippen molar-refractivity contribution in [2.45, 2.75) is 13.5 Å². The van der Waals surface area contributed by atoms with Gasteiger partial charge in [0.25, 0.3) is 0 Å². The first-order valence-electron chi connectivity index (χ1n) is 6.38. The average molecular weight is 285 g/mol. The van der Waals surface area contributed by atoms with Crippen LogP contribution in [0.1, 0.15) is 12.5 Å². The highest BCUT2D eigenvalue weighted by Gasteiger charge is 2.13. The minimum atomic E-state index is 0.0373. The van der Waals surface area contributed by atoms with E-state index < -0.39 is 0 Å². The molecule has 5 heteroatoms. The molecule has 0 heterocycles. The summed E-state index contributed by atoms with van der Waals surface area (Å²) in [6, 6.07) is 7.49. The molecule has 0 saturated carbocycles. The Labute approximate surface area is 119 Å². The Morgan fingerprint density at radius 1 is 1.42 bits per heavy atom. The molecular weight excluding hydrogens is 264 g/mol. The molecule has 1 aromatic rings. The van der Waals surface area contributed by atoms with Gasteiger partial charge in [-0.1, -0.05) is 30.7 Å². The lowest BCUT2D eigenvalue weighted by Gasteiger charge is -2.23. The molecule has 0 fully saturated rings. The van der Waals surface area contributed by atoms with Crippen molar-refractivity contribution >= 4 is 17.5 Å². The summed E-state index contributed by atoms with van der Waals surface area (Å²) in [5, 5.41) is 9.58. The molecule has 1 aromatic carbocycles. The van der Waals surface area contributed by atoms with E-state index in [9.17, 15) is 4.79 Å². The van der Waals surface area contributed by atoms with Crippen molar-refractivity contribution in [3.63, 3.8) is 0 Å². The molecule has 1 amide bonds. The summed E-state index contributed by atoms with van der Waals surface area (Å²) in [5.41, 5.74) is 1.01. The highest BCUT2D eigenvalue weighted by Crippen LogP contribution is 2.12. The number of aliphatic hydroxyl groups is 1. The van der Waals surface area contributed by atoms with Crippen LogP contribution in [0.2, 0.25) is 5.02 Å². The zero-order valence-electron chi connectivity index (χ0n) is 11.5. The Kier molecular flexibility index (Phi) is 6.84. The Morgan fingerprint density at radius 3 is 2.74 bits per heavy atom. The largest absolute Gasteiger partial charge is 0.395 e. The minimum absolute atomic E-state index is 0.0373. The number of halogens is 1. The third kappa shape index (κ3) is 5.59. The zero-order chi connectivity index (χ0) is 14.3. The monoisotopic (exact) mass is 284 g/mol. The Balaban J connectivity index is 2.52. The molecule has 0 spiro atoms. The van der Waals surface area contributed by atoms with Gasteiger partial charge >= 0.3 is 0 Å². The van der Waals surface area contributed by atoms with Crippen LogP contribution < -0.4 is 0 Å². The molecule has 0 saturated heterocycles. The molecule has 0 aromatic heterocycles. The van der Waals surface area contributed by atoms with E-state index >= 15 is 0 Å². The third-order valence-electron chi connectivity index (χ3n) is 2.96. The van der Waals surface area contributed by atoms with E-state index in [1.54, 1.807) is 11.9 Å². The summed E-state index contributed by atoms with van der Waals surface area (Å²) in [4.78, 5) is 15.6. The molecule has 0 aliphatic rings. The number of carbonyl (C=O) groups is 1. The van der Waals surface area contributed by atoms with Gasteiger partial charge in [0.05, 0.1) is 13.2 Å². The number of benzene rings is 1. The Bertz CT molecular complexity index is 412.